The second-order valence-corrected chi connectivity index (χ2v) is 7.50. The molecule has 0 spiro atoms. The lowest BCUT2D eigenvalue weighted by atomic mass is 9.81. The van der Waals surface area contributed by atoms with E-state index in [4.69, 9.17) is 0 Å². The molecule has 1 aliphatic carbocycles. The highest BCUT2D eigenvalue weighted by molar-refractivity contribution is 6.00. The highest BCUT2D eigenvalue weighted by Gasteiger charge is 2.32. The lowest BCUT2D eigenvalue weighted by Gasteiger charge is -2.23. The molecule has 0 N–H and O–H groups in total. The van der Waals surface area contributed by atoms with Crippen LogP contribution in [0, 0.1) is 6.92 Å². The lowest BCUT2D eigenvalue weighted by Crippen LogP contribution is -2.20. The molecule has 3 aromatic rings. The van der Waals surface area contributed by atoms with Crippen molar-refractivity contribution in [1.82, 2.24) is 9.78 Å². The summed E-state index contributed by atoms with van der Waals surface area (Å²) < 4.78 is 1.96. The van der Waals surface area contributed by atoms with Crippen LogP contribution >= 0.6 is 0 Å². The van der Waals surface area contributed by atoms with E-state index in [2.05, 4.69) is 43.2 Å². The van der Waals surface area contributed by atoms with Gasteiger partial charge in [0.1, 0.15) is 0 Å². The molecule has 0 saturated heterocycles. The molecule has 0 radical (unpaired) electrons. The number of aromatic nitrogens is 2. The van der Waals surface area contributed by atoms with Crippen LogP contribution < -0.4 is 0 Å². The third kappa shape index (κ3) is 2.88. The van der Waals surface area contributed by atoms with Crippen LogP contribution in [0.15, 0.2) is 54.6 Å². The number of nitrogens with zero attached hydrogens (tertiary/aromatic N) is 2. The molecule has 0 amide bonds. The van der Waals surface area contributed by atoms with Gasteiger partial charge in [-0.2, -0.15) is 5.10 Å². The van der Waals surface area contributed by atoms with E-state index in [1.165, 1.54) is 11.1 Å². The van der Waals surface area contributed by atoms with Crippen molar-refractivity contribution in [2.75, 3.05) is 0 Å². The Bertz CT molecular complexity index is 936. The zero-order valence-corrected chi connectivity index (χ0v) is 15.6. The zero-order valence-electron chi connectivity index (χ0n) is 15.6. The molecule has 4 rings (SSSR count). The predicted octanol–water partition coefficient (Wildman–Crippen LogP) is 5.22. The van der Waals surface area contributed by atoms with Gasteiger partial charge in [0, 0.05) is 6.42 Å². The van der Waals surface area contributed by atoms with Crippen LogP contribution in [0.4, 0.5) is 0 Å². The number of aryl methyl sites for hydroxylation is 1. The fourth-order valence-corrected chi connectivity index (χ4v) is 3.93. The fraction of sp³-hybridized carbons (Fsp3) is 0.304. The molecule has 2 aromatic carbocycles. The van der Waals surface area contributed by atoms with Gasteiger partial charge in [0.2, 0.25) is 0 Å². The Kier molecular flexibility index (Phi) is 4.23. The summed E-state index contributed by atoms with van der Waals surface area (Å²) in [6.45, 7) is 6.34. The molecule has 26 heavy (non-hydrogen) atoms. The molecule has 1 heterocycles. The summed E-state index contributed by atoms with van der Waals surface area (Å²) in [6.07, 6.45) is 1.41. The minimum Gasteiger partial charge on any atom is -0.294 e. The van der Waals surface area contributed by atoms with Crippen molar-refractivity contribution in [1.29, 1.82) is 0 Å². The highest BCUT2D eigenvalue weighted by Crippen LogP contribution is 2.35. The number of hydrogen-bond donors (Lipinski definition) is 0. The highest BCUT2D eigenvalue weighted by atomic mass is 16.1. The minimum absolute atomic E-state index is 0.212. The third-order valence-corrected chi connectivity index (χ3v) is 5.38. The molecule has 3 nitrogen and oxygen atoms in total. The molecule has 1 aromatic heterocycles. The first-order valence-electron chi connectivity index (χ1n) is 9.31. The molecule has 0 saturated carbocycles. The summed E-state index contributed by atoms with van der Waals surface area (Å²) in [5.74, 6) is 0.949. The number of para-hydroxylation sites is 1. The van der Waals surface area contributed by atoms with Gasteiger partial charge in [-0.3, -0.25) is 4.79 Å². The van der Waals surface area contributed by atoms with Crippen molar-refractivity contribution >= 4 is 5.78 Å². The molecule has 3 heteroatoms. The molecule has 0 aliphatic heterocycles. The lowest BCUT2D eigenvalue weighted by molar-refractivity contribution is 0.0963. The Labute approximate surface area is 154 Å². The van der Waals surface area contributed by atoms with Gasteiger partial charge in [-0.1, -0.05) is 56.3 Å². The van der Waals surface area contributed by atoms with Crippen molar-refractivity contribution in [3.05, 3.63) is 82.7 Å². The maximum absolute atomic E-state index is 12.9. The van der Waals surface area contributed by atoms with Gasteiger partial charge in [0.25, 0.3) is 0 Å². The molecule has 0 unspecified atom stereocenters. The summed E-state index contributed by atoms with van der Waals surface area (Å²) >= 11 is 0. The van der Waals surface area contributed by atoms with Crippen molar-refractivity contribution < 1.29 is 4.79 Å². The number of ketones is 1. The Hall–Kier alpha value is -2.68. The quantitative estimate of drug-likeness (QED) is 0.653. The average molecular weight is 344 g/mol. The monoisotopic (exact) mass is 344 g/mol. The molecular formula is C23H24N2O. The Morgan fingerprint density at radius 3 is 2.35 bits per heavy atom. The normalized spacial score (nSPS) is 16.8. The molecule has 1 aliphatic rings. The number of benzene rings is 2. The van der Waals surface area contributed by atoms with E-state index >= 15 is 0 Å². The molecule has 0 fully saturated rings. The van der Waals surface area contributed by atoms with Gasteiger partial charge < -0.3 is 0 Å². The number of carbonyl (C=O) groups is 1. The summed E-state index contributed by atoms with van der Waals surface area (Å²) in [4.78, 5) is 12.9. The first-order valence-corrected chi connectivity index (χ1v) is 9.31. The van der Waals surface area contributed by atoms with Crippen LogP contribution in [-0.4, -0.2) is 15.6 Å². The van der Waals surface area contributed by atoms with Crippen molar-refractivity contribution in [2.45, 2.75) is 45.4 Å². The standard InChI is InChI=1S/C23H24N2O/c1-15(2)17-9-11-18(12-10-17)19-13-21-23(22(26)14-19)16(3)24-25(21)20-7-5-4-6-8-20/h4-12,15,19H,13-14H2,1-3H3/t19-/m1/s1. The summed E-state index contributed by atoms with van der Waals surface area (Å²) in [7, 11) is 0. The molecular weight excluding hydrogens is 320 g/mol. The number of Topliss-reactive ketones (excluding diaryl/α,β-unsaturated/α-hetero) is 1. The smallest absolute Gasteiger partial charge is 0.167 e. The minimum atomic E-state index is 0.212. The summed E-state index contributed by atoms with van der Waals surface area (Å²) in [5.41, 5.74) is 6.29. The number of rotatable bonds is 3. The van der Waals surface area contributed by atoms with E-state index in [-0.39, 0.29) is 11.7 Å². The Morgan fingerprint density at radius 2 is 1.69 bits per heavy atom. The maximum atomic E-state index is 12.9. The van der Waals surface area contributed by atoms with Gasteiger partial charge in [-0.25, -0.2) is 4.68 Å². The SMILES string of the molecule is Cc1nn(-c2ccccc2)c2c1C(=O)C[C@H](c1ccc(C(C)C)cc1)C2. The topological polar surface area (TPSA) is 34.9 Å². The maximum Gasteiger partial charge on any atom is 0.167 e. The number of carbonyl (C=O) groups excluding carboxylic acids is 1. The van der Waals surface area contributed by atoms with E-state index in [0.717, 1.165) is 29.1 Å². The van der Waals surface area contributed by atoms with Crippen LogP contribution in [0.2, 0.25) is 0 Å². The molecule has 132 valence electrons. The van der Waals surface area contributed by atoms with Crippen molar-refractivity contribution in [3.63, 3.8) is 0 Å². The Morgan fingerprint density at radius 1 is 1.00 bits per heavy atom. The predicted molar refractivity (Wildman–Crippen MR) is 104 cm³/mol. The Balaban J connectivity index is 1.72. The number of hydrogen-bond acceptors (Lipinski definition) is 2. The first-order chi connectivity index (χ1) is 12.5. The van der Waals surface area contributed by atoms with Gasteiger partial charge in [-0.05, 0) is 48.4 Å². The first kappa shape index (κ1) is 16.8. The third-order valence-electron chi connectivity index (χ3n) is 5.38. The van der Waals surface area contributed by atoms with Gasteiger partial charge in [0.15, 0.2) is 5.78 Å². The largest absolute Gasteiger partial charge is 0.294 e. The second-order valence-electron chi connectivity index (χ2n) is 7.50. The second kappa shape index (κ2) is 6.56. The van der Waals surface area contributed by atoms with E-state index in [9.17, 15) is 4.79 Å². The van der Waals surface area contributed by atoms with Crippen LogP contribution in [0.5, 0.6) is 0 Å². The number of fused-ring (bicyclic) bond motifs is 1. The molecule has 0 bridgehead atoms. The fourth-order valence-electron chi connectivity index (χ4n) is 3.93. The van der Waals surface area contributed by atoms with E-state index in [1.807, 2.05) is 41.9 Å². The van der Waals surface area contributed by atoms with E-state index in [0.29, 0.717) is 12.3 Å². The van der Waals surface area contributed by atoms with Crippen LogP contribution in [0.25, 0.3) is 5.69 Å². The molecule has 1 atom stereocenters. The van der Waals surface area contributed by atoms with Gasteiger partial charge in [0.05, 0.1) is 22.6 Å². The van der Waals surface area contributed by atoms with Crippen molar-refractivity contribution in [2.24, 2.45) is 0 Å². The van der Waals surface area contributed by atoms with Crippen molar-refractivity contribution in [3.8, 4) is 5.69 Å². The van der Waals surface area contributed by atoms with E-state index in [1.54, 1.807) is 0 Å². The zero-order chi connectivity index (χ0) is 18.3. The van der Waals surface area contributed by atoms with Crippen LogP contribution in [-0.2, 0) is 6.42 Å². The summed E-state index contributed by atoms with van der Waals surface area (Å²) in [5, 5.41) is 4.67. The summed E-state index contributed by atoms with van der Waals surface area (Å²) in [6, 6.07) is 18.9. The van der Waals surface area contributed by atoms with Gasteiger partial charge in [-0.15, -0.1) is 0 Å². The van der Waals surface area contributed by atoms with Crippen LogP contribution in [0.1, 0.15) is 65.0 Å². The van der Waals surface area contributed by atoms with Gasteiger partial charge >= 0.3 is 0 Å². The van der Waals surface area contributed by atoms with Crippen LogP contribution in [0.3, 0.4) is 0 Å². The van der Waals surface area contributed by atoms with E-state index < -0.39 is 0 Å². The average Bonchev–Trinajstić information content (AvgIpc) is 2.99.